The molecule has 0 saturated carbocycles. The highest BCUT2D eigenvalue weighted by molar-refractivity contribution is 7.16. The van der Waals surface area contributed by atoms with Crippen LogP contribution >= 0.6 is 11.3 Å². The minimum atomic E-state index is -4.56. The first-order chi connectivity index (χ1) is 64.4. The van der Waals surface area contributed by atoms with Gasteiger partial charge in [-0.05, 0) is 241 Å². The molecule has 0 bridgehead atoms. The molecule has 0 spiro atoms. The Kier molecular flexibility index (Phi) is 23.7. The highest BCUT2D eigenvalue weighted by Crippen LogP contribution is 2.52. The van der Waals surface area contributed by atoms with E-state index in [9.17, 15) is 102 Å². The van der Waals surface area contributed by atoms with Gasteiger partial charge in [0.25, 0.3) is 0 Å². The molecule has 706 valence electrons. The summed E-state index contributed by atoms with van der Waals surface area (Å²) in [6, 6.07) is 46.8. The van der Waals surface area contributed by atoms with Gasteiger partial charge >= 0.3 is 24.7 Å². The van der Waals surface area contributed by atoms with E-state index in [1.165, 1.54) is 64.3 Å². The number of carbonyl (C=O) groups is 5. The number of aryl methyl sites for hydroxylation is 9. The lowest BCUT2D eigenvalue weighted by molar-refractivity contribution is -0.138. The number of alkyl halides is 12. The zero-order valence-electron chi connectivity index (χ0n) is 74.9. The van der Waals surface area contributed by atoms with Crippen LogP contribution in [0.5, 0.6) is 5.75 Å². The van der Waals surface area contributed by atoms with E-state index < -0.39 is 98.1 Å². The van der Waals surface area contributed by atoms with Crippen LogP contribution in [-0.2, 0) is 31.1 Å². The van der Waals surface area contributed by atoms with Crippen LogP contribution in [0.25, 0.3) is 11.0 Å². The summed E-state index contributed by atoms with van der Waals surface area (Å²) in [7, 11) is 1.53. The predicted octanol–water partition coefficient (Wildman–Crippen LogP) is 20.6. The molecule has 5 fully saturated rings. The number of anilines is 5. The zero-order valence-corrected chi connectivity index (χ0v) is 75.7. The maximum Gasteiger partial charge on any atom is 0.416 e. The summed E-state index contributed by atoms with van der Waals surface area (Å²) >= 11 is 1.50. The van der Waals surface area contributed by atoms with E-state index in [2.05, 4.69) is 31.0 Å². The van der Waals surface area contributed by atoms with Crippen molar-refractivity contribution in [3.05, 3.63) is 275 Å². The van der Waals surface area contributed by atoms with E-state index in [-0.39, 0.29) is 122 Å². The number of nitrogens with zero attached hydrogens (tertiary/aromatic N) is 11. The molecule has 21 rings (SSSR count). The Hall–Kier alpha value is -13.8. The SMILES string of the molecule is CCc1cc2c(s1)N=C1N(c3ccc(C#N)c(C)c3)CC[C@@]1(O)C2=O.COc1ccc(N2CC[C@@]3(O)C(=O)c4cc(C)c(C(F)(F)F)cc4N=C23)cc1.Cc1cc2cc(N3CC[C@@]4(O)C(=O)c5cc(C)c(C(F)(F)F)cc5N=C34)ccc2o1.Cc1ccc(N2CC[C@@]3(O)C(=O)c4cc(C)c(C(F)(F)F)cc4N=C23)cc1.Cc1cccc(N2CC[C@@]3(O)C(=O)c4cc(C)c(C(F)(F)F)cc4N=C23)c1. The van der Waals surface area contributed by atoms with Gasteiger partial charge in [-0.2, -0.15) is 57.9 Å². The second-order valence-corrected chi connectivity index (χ2v) is 36.3. The number of rotatable bonds is 7. The number of hydrogen-bond donors (Lipinski definition) is 5. The molecule has 5 N–H and O–H groups in total. The molecule has 0 unspecified atom stereocenters. The van der Waals surface area contributed by atoms with Crippen molar-refractivity contribution in [3.8, 4) is 11.8 Å². The van der Waals surface area contributed by atoms with E-state index >= 15 is 0 Å². The Morgan fingerprint density at radius 2 is 0.723 bits per heavy atom. The number of benzene rings is 9. The van der Waals surface area contributed by atoms with Gasteiger partial charge in [0.05, 0.1) is 69.3 Å². The van der Waals surface area contributed by atoms with Gasteiger partial charge < -0.3 is 59.2 Å². The van der Waals surface area contributed by atoms with Crippen molar-refractivity contribution in [1.82, 2.24) is 0 Å². The lowest BCUT2D eigenvalue weighted by Gasteiger charge is -2.30. The van der Waals surface area contributed by atoms with Crippen LogP contribution in [0, 0.1) is 66.7 Å². The van der Waals surface area contributed by atoms with E-state index in [0.29, 0.717) is 83.8 Å². The van der Waals surface area contributed by atoms with Crippen molar-refractivity contribution < 1.29 is 111 Å². The number of aliphatic imine (C=N–C) groups is 5. The van der Waals surface area contributed by atoms with Gasteiger partial charge in [0.1, 0.15) is 45.4 Å². The molecular formula is C101H85F12N11O12S. The molecule has 36 heteroatoms. The molecule has 5 atom stereocenters. The number of nitriles is 1. The molecule has 0 radical (unpaired) electrons. The number of ether oxygens (including phenoxy) is 1. The van der Waals surface area contributed by atoms with Gasteiger partial charge in [-0.25, -0.2) is 25.0 Å². The van der Waals surface area contributed by atoms with Gasteiger partial charge in [-0.3, -0.25) is 24.0 Å². The first kappa shape index (κ1) is 94.9. The van der Waals surface area contributed by atoms with Gasteiger partial charge in [0.15, 0.2) is 33.8 Å². The zero-order chi connectivity index (χ0) is 98.6. The van der Waals surface area contributed by atoms with E-state index in [4.69, 9.17) is 14.4 Å². The topological polar surface area (TPSA) is 311 Å². The largest absolute Gasteiger partial charge is 0.497 e. The summed E-state index contributed by atoms with van der Waals surface area (Å²) in [4.78, 5) is 96.3. The fraction of sp³-hybridized carbons (Fsp3) is 0.297. The Morgan fingerprint density at radius 1 is 0.387 bits per heavy atom. The van der Waals surface area contributed by atoms with Crippen LogP contribution in [0.15, 0.2) is 199 Å². The van der Waals surface area contributed by atoms with Crippen molar-refractivity contribution in [2.75, 3.05) is 64.3 Å². The second-order valence-electron chi connectivity index (χ2n) is 35.2. The number of fused-ring (bicyclic) bond motifs is 11. The third-order valence-corrected chi connectivity index (χ3v) is 27.3. The van der Waals surface area contributed by atoms with Crippen LogP contribution in [0.3, 0.4) is 0 Å². The number of aliphatic hydroxyl groups is 5. The third kappa shape index (κ3) is 16.6. The molecule has 23 nitrogen and oxygen atoms in total. The number of ketones is 5. The van der Waals surface area contributed by atoms with Crippen molar-refractivity contribution in [2.24, 2.45) is 25.0 Å². The lowest BCUT2D eigenvalue weighted by Crippen LogP contribution is -2.48. The number of carbonyl (C=O) groups excluding carboxylic acids is 5. The fourth-order valence-corrected chi connectivity index (χ4v) is 19.8. The van der Waals surface area contributed by atoms with Crippen molar-refractivity contribution >= 4 is 137 Å². The third-order valence-electron chi connectivity index (χ3n) is 26.2. The summed E-state index contributed by atoms with van der Waals surface area (Å²) in [6.07, 6.45) is -16.5. The van der Waals surface area contributed by atoms with E-state index in [0.717, 1.165) is 86.5 Å². The normalized spacial score (nSPS) is 21.5. The average Bonchev–Trinajstić information content (AvgIpc) is 1.57. The Bertz CT molecular complexity index is 7150. The van der Waals surface area contributed by atoms with Crippen LogP contribution in [0.4, 0.5) is 109 Å². The number of furan rings is 1. The number of methoxy groups -OCH3 is 1. The van der Waals surface area contributed by atoms with Crippen LogP contribution in [-0.4, -0.2) is 151 Å². The minimum Gasteiger partial charge on any atom is -0.497 e. The summed E-state index contributed by atoms with van der Waals surface area (Å²) in [5.74, 6) is -0.655. The quantitative estimate of drug-likeness (QED) is 0.0926. The first-order valence-corrected chi connectivity index (χ1v) is 44.2. The van der Waals surface area contributed by atoms with Gasteiger partial charge in [0.2, 0.25) is 28.9 Å². The minimum absolute atomic E-state index is 0.00771. The van der Waals surface area contributed by atoms with Crippen molar-refractivity contribution in [1.29, 1.82) is 5.26 Å². The summed E-state index contributed by atoms with van der Waals surface area (Å²) in [5.41, 5.74) is -4.33. The second kappa shape index (κ2) is 34.2. The molecule has 0 amide bonds. The Morgan fingerprint density at radius 3 is 1.07 bits per heavy atom. The highest BCUT2D eigenvalue weighted by atomic mass is 32.1. The first-order valence-electron chi connectivity index (χ1n) is 43.4. The van der Waals surface area contributed by atoms with Crippen LogP contribution in [0.2, 0.25) is 0 Å². The summed E-state index contributed by atoms with van der Waals surface area (Å²) < 4.78 is 170. The molecule has 9 aromatic carbocycles. The molecular weight excluding hydrogens is 1820 g/mol. The number of thiophene rings is 1. The number of Topliss-reactive ketones (excluding diaryl/α,β-unsaturated/α-hetero) is 5. The standard InChI is InChI=1S/C22H17F3N2O3.C20H17F3N2O3.2C20H17F3N2O2.C19H17N3O2S/c1-11-7-15-17(10-16(11)22(23,24)25)26-20-21(29,19(15)28)5-6-27(20)14-3-4-18-13(9-14)8-12(2)30-18;1-11-9-14-16(10-15(11)20(21,22)23)24-18-19(27,17(14)26)7-8-25(18)12-3-5-13(28-2)6-4-12;1-11-3-5-13(6-4-11)25-8-7-19(27)17(26)14-9-12(2)15(20(21,22)23)10-16(14)24-18(19)25;1-11-4-3-5-13(8-11)25-7-6-19(27)17(26)14-9-12(2)15(20(21,22)23)10-16(14)24-18(19)25;1-3-14-9-15-16(23)19(24)6-7-22(18(19)21-17(15)25-14)13-5-4-12(10-20)11(2)8-13/h3-4,7-10,29H,5-6H2,1-2H3;3-6,9-10,27H,7-8H2,1-2H3;3-6,9-10,27H,7-8H2,1-2H3;3-5,8-10,27H,6-7H2,1-2H3;4-5,8-9,24H,3,6-7H2,1-2H3/t21-;4*19-/m11111/s1. The molecule has 5 saturated heterocycles. The van der Waals surface area contributed by atoms with E-state index in [1.807, 2.05) is 118 Å². The molecule has 11 aromatic rings. The summed E-state index contributed by atoms with van der Waals surface area (Å²) in [5, 5.41) is 65.8. The Labute approximate surface area is 779 Å². The average molecular weight is 1900 g/mol. The number of amidine groups is 5. The summed E-state index contributed by atoms with van der Waals surface area (Å²) in [6.45, 7) is 16.6. The molecule has 10 aliphatic rings. The fourth-order valence-electron chi connectivity index (χ4n) is 18.8. The van der Waals surface area contributed by atoms with Gasteiger partial charge in [-0.15, -0.1) is 11.3 Å². The maximum absolute atomic E-state index is 13.3. The van der Waals surface area contributed by atoms with E-state index in [1.54, 1.807) is 62.1 Å². The maximum atomic E-state index is 13.3. The molecule has 0 aliphatic carbocycles. The molecule has 2 aromatic heterocycles. The molecule has 12 heterocycles. The molecule has 137 heavy (non-hydrogen) atoms. The predicted molar refractivity (Wildman–Crippen MR) is 492 cm³/mol. The number of hydrogen-bond acceptors (Lipinski definition) is 24. The van der Waals surface area contributed by atoms with Crippen molar-refractivity contribution in [3.63, 3.8) is 0 Å². The monoisotopic (exact) mass is 1900 g/mol. The number of halogens is 12. The van der Waals surface area contributed by atoms with Crippen LogP contribution in [0.1, 0.15) is 168 Å². The van der Waals surface area contributed by atoms with Gasteiger partial charge in [0, 0.05) is 126 Å². The smallest absolute Gasteiger partial charge is 0.416 e. The van der Waals surface area contributed by atoms with Gasteiger partial charge in [-0.1, -0.05) is 36.8 Å². The van der Waals surface area contributed by atoms with Crippen molar-refractivity contribution in [2.45, 2.75) is 154 Å². The Balaban J connectivity index is 0.000000119. The molecule has 10 aliphatic heterocycles. The van der Waals surface area contributed by atoms with Crippen LogP contribution < -0.4 is 29.2 Å². The highest BCUT2D eigenvalue weighted by Gasteiger charge is 2.59. The lowest BCUT2D eigenvalue weighted by atomic mass is 9.86.